The van der Waals surface area contributed by atoms with Gasteiger partial charge in [0.25, 0.3) is 0 Å². The molecule has 2 heteroatoms. The first-order chi connectivity index (χ1) is 6.79. The van der Waals surface area contributed by atoms with E-state index in [-0.39, 0.29) is 0 Å². The molecular weight excluding hydrogens is 196 g/mol. The van der Waals surface area contributed by atoms with Crippen molar-refractivity contribution in [3.63, 3.8) is 0 Å². The van der Waals surface area contributed by atoms with Crippen LogP contribution in [0.4, 0.5) is 0 Å². The van der Waals surface area contributed by atoms with Gasteiger partial charge in [0.15, 0.2) is 0 Å². The number of rotatable bonds is 8. The number of halogens is 1. The van der Waals surface area contributed by atoms with Gasteiger partial charge >= 0.3 is 0 Å². The fourth-order valence-corrected chi connectivity index (χ4v) is 2.33. The average molecular weight is 219 g/mol. The minimum Gasteiger partial charge on any atom is -0.370 e. The lowest BCUT2D eigenvalue weighted by Crippen LogP contribution is -2.10. The number of unbranched alkanes of at least 4 members (excludes halogenated alkanes) is 2. The standard InChI is InChI=1S/C12H23ClO/c1-3-4-7-11(8-5-6-9-13)12-10(2)14-12/h10-12H,3-9H2,1-2H3. The molecule has 0 aromatic heterocycles. The zero-order chi connectivity index (χ0) is 10.4. The summed E-state index contributed by atoms with van der Waals surface area (Å²) in [4.78, 5) is 0. The minimum atomic E-state index is 0.521. The highest BCUT2D eigenvalue weighted by Crippen LogP contribution is 2.35. The van der Waals surface area contributed by atoms with Gasteiger partial charge in [0.05, 0.1) is 12.2 Å². The van der Waals surface area contributed by atoms with E-state index >= 15 is 0 Å². The number of hydrogen-bond acceptors (Lipinski definition) is 1. The van der Waals surface area contributed by atoms with E-state index in [2.05, 4.69) is 13.8 Å². The molecule has 0 aromatic rings. The number of epoxide rings is 1. The van der Waals surface area contributed by atoms with Crippen LogP contribution < -0.4 is 0 Å². The first kappa shape index (κ1) is 12.3. The van der Waals surface area contributed by atoms with Gasteiger partial charge in [0.2, 0.25) is 0 Å². The predicted octanol–water partition coefficient (Wildman–Crippen LogP) is 3.99. The van der Waals surface area contributed by atoms with E-state index in [1.165, 1.54) is 32.1 Å². The summed E-state index contributed by atoms with van der Waals surface area (Å²) in [6.45, 7) is 4.44. The highest BCUT2D eigenvalue weighted by molar-refractivity contribution is 6.17. The van der Waals surface area contributed by atoms with Gasteiger partial charge in [-0.2, -0.15) is 0 Å². The molecule has 3 unspecified atom stereocenters. The van der Waals surface area contributed by atoms with Crippen molar-refractivity contribution in [2.45, 2.75) is 64.6 Å². The van der Waals surface area contributed by atoms with Gasteiger partial charge in [-0.25, -0.2) is 0 Å². The molecule has 1 heterocycles. The fraction of sp³-hybridized carbons (Fsp3) is 1.00. The van der Waals surface area contributed by atoms with E-state index in [4.69, 9.17) is 16.3 Å². The summed E-state index contributed by atoms with van der Waals surface area (Å²) < 4.78 is 5.57. The van der Waals surface area contributed by atoms with Crippen molar-refractivity contribution >= 4 is 11.6 Å². The summed E-state index contributed by atoms with van der Waals surface area (Å²) in [5.74, 6) is 1.61. The summed E-state index contributed by atoms with van der Waals surface area (Å²) in [5, 5.41) is 0. The van der Waals surface area contributed by atoms with Crippen molar-refractivity contribution in [2.75, 3.05) is 5.88 Å². The Morgan fingerprint density at radius 2 is 1.86 bits per heavy atom. The molecule has 84 valence electrons. The molecule has 0 aromatic carbocycles. The van der Waals surface area contributed by atoms with Crippen LogP contribution in [-0.4, -0.2) is 18.1 Å². The fourth-order valence-electron chi connectivity index (χ4n) is 2.14. The van der Waals surface area contributed by atoms with Crippen LogP contribution in [-0.2, 0) is 4.74 Å². The zero-order valence-electron chi connectivity index (χ0n) is 9.47. The Labute approximate surface area is 93.2 Å². The van der Waals surface area contributed by atoms with E-state index in [9.17, 15) is 0 Å². The van der Waals surface area contributed by atoms with Gasteiger partial charge < -0.3 is 4.74 Å². The van der Waals surface area contributed by atoms with Crippen LogP contribution in [0.5, 0.6) is 0 Å². The second-order valence-corrected chi connectivity index (χ2v) is 4.77. The molecule has 0 spiro atoms. The lowest BCUT2D eigenvalue weighted by atomic mass is 9.92. The molecule has 14 heavy (non-hydrogen) atoms. The summed E-state index contributed by atoms with van der Waals surface area (Å²) in [6.07, 6.45) is 8.81. The molecule has 1 fully saturated rings. The quantitative estimate of drug-likeness (QED) is 0.341. The third-order valence-electron chi connectivity index (χ3n) is 3.11. The van der Waals surface area contributed by atoms with Crippen LogP contribution in [0.1, 0.15) is 52.4 Å². The van der Waals surface area contributed by atoms with Crippen molar-refractivity contribution in [3.8, 4) is 0 Å². The normalized spacial score (nSPS) is 27.6. The molecule has 0 radical (unpaired) electrons. The summed E-state index contributed by atoms with van der Waals surface area (Å²) >= 11 is 5.68. The number of ether oxygens (including phenoxy) is 1. The SMILES string of the molecule is CCCCC(CCCCCl)C1OC1C. The molecule has 1 aliphatic rings. The lowest BCUT2D eigenvalue weighted by Gasteiger charge is -2.13. The highest BCUT2D eigenvalue weighted by Gasteiger charge is 2.40. The van der Waals surface area contributed by atoms with Crippen LogP contribution in [0.3, 0.4) is 0 Å². The van der Waals surface area contributed by atoms with Crippen LogP contribution in [0.15, 0.2) is 0 Å². The Morgan fingerprint density at radius 3 is 2.36 bits per heavy atom. The second-order valence-electron chi connectivity index (χ2n) is 4.39. The van der Waals surface area contributed by atoms with Crippen LogP contribution in [0.2, 0.25) is 0 Å². The lowest BCUT2D eigenvalue weighted by molar-refractivity contribution is 0.287. The Kier molecular flexibility index (Phi) is 5.88. The Hall–Kier alpha value is 0.250. The van der Waals surface area contributed by atoms with Crippen molar-refractivity contribution in [3.05, 3.63) is 0 Å². The number of hydrogen-bond donors (Lipinski definition) is 0. The molecule has 0 aliphatic carbocycles. The topological polar surface area (TPSA) is 12.5 Å². The second kappa shape index (κ2) is 6.68. The maximum atomic E-state index is 5.68. The van der Waals surface area contributed by atoms with Gasteiger partial charge in [-0.3, -0.25) is 0 Å². The molecule has 0 amide bonds. The van der Waals surface area contributed by atoms with Gasteiger partial charge in [-0.05, 0) is 32.1 Å². The minimum absolute atomic E-state index is 0.521. The van der Waals surface area contributed by atoms with E-state index in [0.717, 1.165) is 18.2 Å². The molecular formula is C12H23ClO. The summed E-state index contributed by atoms with van der Waals surface area (Å²) in [6, 6.07) is 0. The van der Waals surface area contributed by atoms with Crippen molar-refractivity contribution in [2.24, 2.45) is 5.92 Å². The first-order valence-corrected chi connectivity index (χ1v) is 6.54. The largest absolute Gasteiger partial charge is 0.370 e. The molecule has 1 rings (SSSR count). The van der Waals surface area contributed by atoms with E-state index in [1.807, 2.05) is 0 Å². The highest BCUT2D eigenvalue weighted by atomic mass is 35.5. The molecule has 0 N–H and O–H groups in total. The molecule has 1 nitrogen and oxygen atoms in total. The summed E-state index contributed by atoms with van der Waals surface area (Å²) in [5.41, 5.74) is 0. The van der Waals surface area contributed by atoms with Crippen molar-refractivity contribution in [1.29, 1.82) is 0 Å². The maximum Gasteiger partial charge on any atom is 0.0867 e. The zero-order valence-corrected chi connectivity index (χ0v) is 10.2. The molecule has 0 saturated carbocycles. The van der Waals surface area contributed by atoms with Crippen LogP contribution in [0, 0.1) is 5.92 Å². The molecule has 0 bridgehead atoms. The predicted molar refractivity (Wildman–Crippen MR) is 61.9 cm³/mol. The van der Waals surface area contributed by atoms with Gasteiger partial charge in [0.1, 0.15) is 0 Å². The maximum absolute atomic E-state index is 5.68. The average Bonchev–Trinajstić information content (AvgIpc) is 2.89. The Bertz CT molecular complexity index is 149. The van der Waals surface area contributed by atoms with Gasteiger partial charge in [0, 0.05) is 5.88 Å². The third kappa shape index (κ3) is 4.18. The molecule has 1 aliphatic heterocycles. The Morgan fingerprint density at radius 1 is 1.21 bits per heavy atom. The van der Waals surface area contributed by atoms with Crippen molar-refractivity contribution < 1.29 is 4.74 Å². The van der Waals surface area contributed by atoms with E-state index in [0.29, 0.717) is 12.2 Å². The van der Waals surface area contributed by atoms with Crippen LogP contribution >= 0.6 is 11.6 Å². The Balaban J connectivity index is 2.15. The molecule has 1 saturated heterocycles. The molecule has 3 atom stereocenters. The van der Waals surface area contributed by atoms with Gasteiger partial charge in [-0.1, -0.05) is 26.2 Å². The third-order valence-corrected chi connectivity index (χ3v) is 3.38. The smallest absolute Gasteiger partial charge is 0.0867 e. The van der Waals surface area contributed by atoms with Crippen LogP contribution in [0.25, 0.3) is 0 Å². The van der Waals surface area contributed by atoms with Crippen molar-refractivity contribution in [1.82, 2.24) is 0 Å². The summed E-state index contributed by atoms with van der Waals surface area (Å²) in [7, 11) is 0. The monoisotopic (exact) mass is 218 g/mol. The van der Waals surface area contributed by atoms with E-state index < -0.39 is 0 Å². The van der Waals surface area contributed by atoms with E-state index in [1.54, 1.807) is 0 Å². The first-order valence-electron chi connectivity index (χ1n) is 6.01. The van der Waals surface area contributed by atoms with Gasteiger partial charge in [-0.15, -0.1) is 11.6 Å². The number of alkyl halides is 1.